The van der Waals surface area contributed by atoms with Gasteiger partial charge >= 0.3 is 0 Å². The van der Waals surface area contributed by atoms with Crippen LogP contribution in [0.25, 0.3) is 0 Å². The molecular formula is C20H36N4O5S. The fraction of sp³-hybridized carbons (Fsp3) is 0.800. The van der Waals surface area contributed by atoms with Crippen molar-refractivity contribution in [3.63, 3.8) is 0 Å². The minimum absolute atomic E-state index is 0.00459. The first-order valence-corrected chi connectivity index (χ1v) is 12.3. The van der Waals surface area contributed by atoms with Crippen LogP contribution in [0.2, 0.25) is 0 Å². The molecular weight excluding hydrogens is 408 g/mol. The van der Waals surface area contributed by atoms with Gasteiger partial charge in [0.1, 0.15) is 10.6 Å². The maximum absolute atomic E-state index is 13.1. The van der Waals surface area contributed by atoms with Crippen molar-refractivity contribution in [1.82, 2.24) is 19.7 Å². The number of nitrogens with zero attached hydrogens (tertiary/aromatic N) is 3. The molecule has 0 bridgehead atoms. The second kappa shape index (κ2) is 11.8. The predicted octanol–water partition coefficient (Wildman–Crippen LogP) is 1.70. The summed E-state index contributed by atoms with van der Waals surface area (Å²) in [4.78, 5) is 17.2. The third-order valence-corrected chi connectivity index (χ3v) is 7.11. The lowest BCUT2D eigenvalue weighted by Crippen LogP contribution is -2.50. The number of sulfonamides is 1. The molecule has 1 N–H and O–H groups in total. The molecule has 1 aromatic heterocycles. The number of unbranched alkanes of at least 4 members (excludes halogenated alkanes) is 3. The van der Waals surface area contributed by atoms with Crippen LogP contribution in [0.4, 0.5) is 0 Å². The molecule has 2 rings (SSSR count). The molecule has 1 aliphatic rings. The smallest absolute Gasteiger partial charge is 0.246 e. The first-order valence-electron chi connectivity index (χ1n) is 10.8. The van der Waals surface area contributed by atoms with Gasteiger partial charge in [0.15, 0.2) is 5.76 Å². The van der Waals surface area contributed by atoms with Crippen LogP contribution in [0.1, 0.15) is 51.0 Å². The molecule has 1 fully saturated rings. The van der Waals surface area contributed by atoms with E-state index >= 15 is 0 Å². The summed E-state index contributed by atoms with van der Waals surface area (Å²) in [7, 11) is -3.90. The van der Waals surface area contributed by atoms with Crippen LogP contribution >= 0.6 is 0 Å². The van der Waals surface area contributed by atoms with E-state index in [0.717, 1.165) is 45.3 Å². The molecule has 0 radical (unpaired) electrons. The summed E-state index contributed by atoms with van der Waals surface area (Å²) in [5.41, 5.74) is 0.281. The Hall–Kier alpha value is -1.49. The highest BCUT2D eigenvalue weighted by molar-refractivity contribution is 7.89. The first kappa shape index (κ1) is 24.8. The van der Waals surface area contributed by atoms with Gasteiger partial charge in [0.05, 0.1) is 19.3 Å². The summed E-state index contributed by atoms with van der Waals surface area (Å²) in [6.07, 6.45) is 4.21. The fourth-order valence-electron chi connectivity index (χ4n) is 3.62. The van der Waals surface area contributed by atoms with Crippen molar-refractivity contribution in [3.05, 3.63) is 11.5 Å². The highest BCUT2D eigenvalue weighted by atomic mass is 32.2. The molecule has 0 spiro atoms. The van der Waals surface area contributed by atoms with Crippen molar-refractivity contribution in [3.8, 4) is 0 Å². The molecule has 2 heterocycles. The third kappa shape index (κ3) is 7.04. The highest BCUT2D eigenvalue weighted by Crippen LogP contribution is 2.19. The highest BCUT2D eigenvalue weighted by Gasteiger charge is 2.30. The molecule has 9 nitrogen and oxygen atoms in total. The summed E-state index contributed by atoms with van der Waals surface area (Å²) in [6.45, 7) is 11.9. The third-order valence-electron chi connectivity index (χ3n) is 5.32. The Morgan fingerprint density at radius 2 is 1.90 bits per heavy atom. The van der Waals surface area contributed by atoms with E-state index in [2.05, 4.69) is 21.7 Å². The Kier molecular flexibility index (Phi) is 9.73. The van der Waals surface area contributed by atoms with Crippen molar-refractivity contribution in [2.24, 2.45) is 0 Å². The molecule has 1 aromatic rings. The van der Waals surface area contributed by atoms with Crippen LogP contribution in [0.5, 0.6) is 0 Å². The number of rotatable bonds is 12. The van der Waals surface area contributed by atoms with Gasteiger partial charge in [0.25, 0.3) is 0 Å². The van der Waals surface area contributed by atoms with E-state index in [1.165, 1.54) is 0 Å². The number of carbonyl (C=O) groups is 1. The number of morpholine rings is 1. The molecule has 10 heteroatoms. The number of nitrogens with one attached hydrogen (secondary N) is 1. The largest absolute Gasteiger partial charge is 0.379 e. The normalized spacial score (nSPS) is 16.5. The van der Waals surface area contributed by atoms with Crippen molar-refractivity contribution < 1.29 is 22.5 Å². The Balaban J connectivity index is 2.02. The van der Waals surface area contributed by atoms with E-state index in [4.69, 9.17) is 9.26 Å². The molecule has 1 atom stereocenters. The van der Waals surface area contributed by atoms with Crippen molar-refractivity contribution in [1.29, 1.82) is 0 Å². The molecule has 0 aromatic carbocycles. The van der Waals surface area contributed by atoms with Crippen LogP contribution in [0.15, 0.2) is 9.42 Å². The number of ether oxygens (including phenoxy) is 1. The summed E-state index contributed by atoms with van der Waals surface area (Å²) in [6, 6.07) is -0.875. The fourth-order valence-corrected chi connectivity index (χ4v) is 5.15. The van der Waals surface area contributed by atoms with Gasteiger partial charge in [-0.1, -0.05) is 31.3 Å². The lowest BCUT2D eigenvalue weighted by Gasteiger charge is -2.31. The Labute approximate surface area is 180 Å². The summed E-state index contributed by atoms with van der Waals surface area (Å²) in [5.74, 6) is -0.00141. The lowest BCUT2D eigenvalue weighted by atomic mass is 10.2. The quantitative estimate of drug-likeness (QED) is 0.489. The Morgan fingerprint density at radius 3 is 2.50 bits per heavy atom. The number of aryl methyl sites for hydroxylation is 2. The zero-order chi connectivity index (χ0) is 22.1. The first-order chi connectivity index (χ1) is 14.3. The second-order valence-electron chi connectivity index (χ2n) is 7.84. The van der Waals surface area contributed by atoms with Gasteiger partial charge in [-0.25, -0.2) is 8.42 Å². The minimum Gasteiger partial charge on any atom is -0.379 e. The number of carbonyl (C=O) groups excluding carboxylic acids is 1. The van der Waals surface area contributed by atoms with Crippen LogP contribution in [-0.4, -0.2) is 81.3 Å². The van der Waals surface area contributed by atoms with Gasteiger partial charge in [-0.3, -0.25) is 9.69 Å². The molecule has 1 aliphatic heterocycles. The number of hydrogen-bond donors (Lipinski definition) is 1. The van der Waals surface area contributed by atoms with Crippen molar-refractivity contribution >= 4 is 15.9 Å². The SMILES string of the molecule is CCCCCCN(CCN1CCOCC1)C(=O)[C@H](C)NS(=O)(=O)c1c(C)noc1C. The minimum atomic E-state index is -3.90. The zero-order valence-electron chi connectivity index (χ0n) is 18.6. The van der Waals surface area contributed by atoms with Gasteiger partial charge in [0.2, 0.25) is 15.9 Å². The monoisotopic (exact) mass is 444 g/mol. The zero-order valence-corrected chi connectivity index (χ0v) is 19.5. The topological polar surface area (TPSA) is 105 Å². The molecule has 172 valence electrons. The second-order valence-corrected chi connectivity index (χ2v) is 9.49. The van der Waals surface area contributed by atoms with Crippen LogP contribution in [0, 0.1) is 13.8 Å². The summed E-state index contributed by atoms with van der Waals surface area (Å²) >= 11 is 0. The Bertz CT molecular complexity index is 755. The summed E-state index contributed by atoms with van der Waals surface area (Å²) in [5, 5.41) is 3.70. The van der Waals surface area contributed by atoms with E-state index in [1.807, 2.05) is 0 Å². The summed E-state index contributed by atoms with van der Waals surface area (Å²) < 4.78 is 38.4. The molecule has 1 amide bonds. The van der Waals surface area contributed by atoms with Crippen LogP contribution in [0.3, 0.4) is 0 Å². The van der Waals surface area contributed by atoms with Gasteiger partial charge in [0, 0.05) is 32.7 Å². The molecule has 0 aliphatic carbocycles. The number of amides is 1. The van der Waals surface area contributed by atoms with E-state index in [-0.39, 0.29) is 22.3 Å². The van der Waals surface area contributed by atoms with E-state index in [0.29, 0.717) is 26.3 Å². The Morgan fingerprint density at radius 1 is 1.20 bits per heavy atom. The van der Waals surface area contributed by atoms with E-state index in [1.54, 1.807) is 25.7 Å². The van der Waals surface area contributed by atoms with Crippen LogP contribution < -0.4 is 4.72 Å². The van der Waals surface area contributed by atoms with Gasteiger partial charge in [-0.05, 0) is 27.2 Å². The van der Waals surface area contributed by atoms with Gasteiger partial charge in [-0.15, -0.1) is 0 Å². The van der Waals surface area contributed by atoms with E-state index in [9.17, 15) is 13.2 Å². The molecule has 0 unspecified atom stereocenters. The van der Waals surface area contributed by atoms with Crippen LogP contribution in [-0.2, 0) is 19.6 Å². The lowest BCUT2D eigenvalue weighted by molar-refractivity contribution is -0.133. The maximum atomic E-state index is 13.1. The number of aromatic nitrogens is 1. The predicted molar refractivity (Wildman–Crippen MR) is 114 cm³/mol. The van der Waals surface area contributed by atoms with Crippen molar-refractivity contribution in [2.45, 2.75) is 64.3 Å². The standard InChI is InChI=1S/C20H36N4O5S/c1-5-6-7-8-9-24(11-10-23-12-14-28-15-13-23)20(25)17(3)22-30(26,27)19-16(2)21-29-18(19)4/h17,22H,5-15H2,1-4H3/t17-/m0/s1. The molecule has 30 heavy (non-hydrogen) atoms. The maximum Gasteiger partial charge on any atom is 0.246 e. The average molecular weight is 445 g/mol. The van der Waals surface area contributed by atoms with E-state index < -0.39 is 16.1 Å². The van der Waals surface area contributed by atoms with Gasteiger partial charge < -0.3 is 14.2 Å². The molecule has 1 saturated heterocycles. The van der Waals surface area contributed by atoms with Crippen molar-refractivity contribution in [2.75, 3.05) is 45.9 Å². The average Bonchev–Trinajstić information content (AvgIpc) is 3.06. The van der Waals surface area contributed by atoms with Gasteiger partial charge in [-0.2, -0.15) is 4.72 Å². The number of hydrogen-bond acceptors (Lipinski definition) is 7. The molecule has 0 saturated carbocycles.